The smallest absolute Gasteiger partial charge is 0.320 e. The maximum absolute atomic E-state index is 10.8. The van der Waals surface area contributed by atoms with Gasteiger partial charge in [0.2, 0.25) is 0 Å². The largest absolute Gasteiger partial charge is 0.480 e. The minimum atomic E-state index is -3.95. The van der Waals surface area contributed by atoms with Gasteiger partial charge in [0.1, 0.15) is 6.04 Å². The quantitative estimate of drug-likeness (QED) is 0.426. The van der Waals surface area contributed by atoms with Gasteiger partial charge in [0.05, 0.1) is 5.75 Å². The second-order valence-corrected chi connectivity index (χ2v) is 5.69. The van der Waals surface area contributed by atoms with Crippen molar-refractivity contribution < 1.29 is 22.9 Å². The summed E-state index contributed by atoms with van der Waals surface area (Å²) < 4.78 is 29.3. The highest BCUT2D eigenvalue weighted by molar-refractivity contribution is 7.85. The second kappa shape index (κ2) is 6.82. The zero-order valence-corrected chi connectivity index (χ0v) is 10.3. The molecule has 0 rings (SSSR count). The summed E-state index contributed by atoms with van der Waals surface area (Å²) in [5.41, 5.74) is 0. The highest BCUT2D eigenvalue weighted by Gasteiger charge is 2.17. The summed E-state index contributed by atoms with van der Waals surface area (Å²) in [4.78, 5) is 10.8. The summed E-state index contributed by atoms with van der Waals surface area (Å²) in [5.74, 6) is -1.05. The summed E-state index contributed by atoms with van der Waals surface area (Å²) in [5, 5.41) is 11.6. The molecule has 6 nitrogen and oxygen atoms in total. The fourth-order valence-corrected chi connectivity index (χ4v) is 1.78. The SMILES string of the molecule is CC(C)C[C@@H](NCCCS(=O)(=O)O)C(=O)O. The monoisotopic (exact) mass is 253 g/mol. The van der Waals surface area contributed by atoms with Crippen molar-refractivity contribution in [3.8, 4) is 0 Å². The number of carbonyl (C=O) groups is 1. The van der Waals surface area contributed by atoms with E-state index in [2.05, 4.69) is 5.32 Å². The minimum absolute atomic E-state index is 0.195. The topological polar surface area (TPSA) is 104 Å². The Bertz CT molecular complexity index is 312. The van der Waals surface area contributed by atoms with E-state index in [1.165, 1.54) is 0 Å². The molecular weight excluding hydrogens is 234 g/mol. The average Bonchev–Trinajstić information content (AvgIpc) is 2.07. The molecular formula is C9H19NO5S. The van der Waals surface area contributed by atoms with E-state index in [0.717, 1.165) is 0 Å². The molecule has 0 heterocycles. The Morgan fingerprint density at radius 1 is 1.38 bits per heavy atom. The zero-order valence-electron chi connectivity index (χ0n) is 9.51. The summed E-state index contributed by atoms with van der Waals surface area (Å²) >= 11 is 0. The Labute approximate surface area is 95.8 Å². The van der Waals surface area contributed by atoms with Crippen LogP contribution in [-0.2, 0) is 14.9 Å². The fraction of sp³-hybridized carbons (Fsp3) is 0.889. The lowest BCUT2D eigenvalue weighted by Crippen LogP contribution is -2.38. The van der Waals surface area contributed by atoms with E-state index >= 15 is 0 Å². The van der Waals surface area contributed by atoms with Gasteiger partial charge in [0, 0.05) is 0 Å². The molecule has 0 saturated carbocycles. The van der Waals surface area contributed by atoms with Crippen LogP contribution in [0, 0.1) is 5.92 Å². The predicted molar refractivity (Wildman–Crippen MR) is 59.9 cm³/mol. The molecule has 16 heavy (non-hydrogen) atoms. The molecule has 0 saturated heterocycles. The molecule has 0 amide bonds. The number of nitrogens with one attached hydrogen (secondary N) is 1. The molecule has 0 fully saturated rings. The van der Waals surface area contributed by atoms with Gasteiger partial charge in [-0.1, -0.05) is 13.8 Å². The Balaban J connectivity index is 3.90. The molecule has 0 aliphatic rings. The molecule has 3 N–H and O–H groups in total. The fourth-order valence-electron chi connectivity index (χ4n) is 1.27. The van der Waals surface area contributed by atoms with Gasteiger partial charge in [-0.3, -0.25) is 9.35 Å². The van der Waals surface area contributed by atoms with Crippen LogP contribution in [0.25, 0.3) is 0 Å². The van der Waals surface area contributed by atoms with Gasteiger partial charge in [-0.25, -0.2) is 0 Å². The van der Waals surface area contributed by atoms with Crippen LogP contribution < -0.4 is 5.32 Å². The van der Waals surface area contributed by atoms with E-state index in [1.807, 2.05) is 13.8 Å². The van der Waals surface area contributed by atoms with E-state index in [4.69, 9.17) is 9.66 Å². The van der Waals surface area contributed by atoms with Gasteiger partial charge in [-0.2, -0.15) is 8.42 Å². The average molecular weight is 253 g/mol. The summed E-state index contributed by atoms with van der Waals surface area (Å²) in [6, 6.07) is -0.665. The number of carboxylic acid groups (broad SMARTS) is 1. The molecule has 0 bridgehead atoms. The van der Waals surface area contributed by atoms with E-state index in [-0.39, 0.29) is 24.6 Å². The molecule has 0 radical (unpaired) electrons. The standard InChI is InChI=1S/C9H19NO5S/c1-7(2)6-8(9(11)12)10-4-3-5-16(13,14)15/h7-8,10H,3-6H2,1-2H3,(H,11,12)(H,13,14,15)/t8-/m1/s1. The van der Waals surface area contributed by atoms with Crippen LogP contribution in [0.4, 0.5) is 0 Å². The number of hydrogen-bond donors (Lipinski definition) is 3. The van der Waals surface area contributed by atoms with Crippen LogP contribution in [0.1, 0.15) is 26.7 Å². The van der Waals surface area contributed by atoms with Crippen molar-refractivity contribution in [2.45, 2.75) is 32.7 Å². The lowest BCUT2D eigenvalue weighted by atomic mass is 10.0. The van der Waals surface area contributed by atoms with Crippen molar-refractivity contribution in [3.63, 3.8) is 0 Å². The van der Waals surface area contributed by atoms with Gasteiger partial charge < -0.3 is 10.4 Å². The first kappa shape index (κ1) is 15.3. The van der Waals surface area contributed by atoms with Crippen molar-refractivity contribution >= 4 is 16.1 Å². The van der Waals surface area contributed by atoms with Crippen LogP contribution in [-0.4, -0.2) is 42.4 Å². The van der Waals surface area contributed by atoms with Crippen LogP contribution in [0.15, 0.2) is 0 Å². The molecule has 96 valence electrons. The number of aliphatic carboxylic acids is 1. The van der Waals surface area contributed by atoms with E-state index in [0.29, 0.717) is 6.42 Å². The van der Waals surface area contributed by atoms with Crippen LogP contribution in [0.5, 0.6) is 0 Å². The molecule has 0 spiro atoms. The van der Waals surface area contributed by atoms with Gasteiger partial charge in [0.15, 0.2) is 0 Å². The van der Waals surface area contributed by atoms with E-state index in [1.54, 1.807) is 0 Å². The van der Waals surface area contributed by atoms with Crippen molar-refractivity contribution in [3.05, 3.63) is 0 Å². The third-order valence-electron chi connectivity index (χ3n) is 1.98. The van der Waals surface area contributed by atoms with Crippen LogP contribution in [0.3, 0.4) is 0 Å². The highest BCUT2D eigenvalue weighted by Crippen LogP contribution is 2.04. The Morgan fingerprint density at radius 3 is 2.31 bits per heavy atom. The second-order valence-electron chi connectivity index (χ2n) is 4.11. The molecule has 7 heteroatoms. The van der Waals surface area contributed by atoms with Gasteiger partial charge >= 0.3 is 5.97 Å². The molecule has 0 aliphatic heterocycles. The summed E-state index contributed by atoms with van der Waals surface area (Å²) in [7, 11) is -3.95. The minimum Gasteiger partial charge on any atom is -0.480 e. The van der Waals surface area contributed by atoms with Crippen LogP contribution >= 0.6 is 0 Å². The first-order chi connectivity index (χ1) is 7.22. The molecule has 0 aliphatic carbocycles. The normalized spacial score (nSPS) is 14.0. The van der Waals surface area contributed by atoms with Crippen molar-refractivity contribution in [2.24, 2.45) is 5.92 Å². The van der Waals surface area contributed by atoms with Gasteiger partial charge in [-0.05, 0) is 25.3 Å². The van der Waals surface area contributed by atoms with E-state index in [9.17, 15) is 13.2 Å². The number of hydrogen-bond acceptors (Lipinski definition) is 4. The maximum atomic E-state index is 10.8. The Morgan fingerprint density at radius 2 is 1.94 bits per heavy atom. The Kier molecular flexibility index (Phi) is 6.54. The summed E-state index contributed by atoms with van der Waals surface area (Å²) in [6.45, 7) is 4.08. The number of rotatable bonds is 8. The molecule has 0 unspecified atom stereocenters. The zero-order chi connectivity index (χ0) is 12.8. The lowest BCUT2D eigenvalue weighted by Gasteiger charge is -2.15. The van der Waals surface area contributed by atoms with Crippen molar-refractivity contribution in [2.75, 3.05) is 12.3 Å². The van der Waals surface area contributed by atoms with Crippen molar-refractivity contribution in [1.82, 2.24) is 5.32 Å². The molecule has 0 aromatic rings. The molecule has 0 aromatic carbocycles. The highest BCUT2D eigenvalue weighted by atomic mass is 32.2. The van der Waals surface area contributed by atoms with Crippen LogP contribution in [0.2, 0.25) is 0 Å². The van der Waals surface area contributed by atoms with Gasteiger partial charge in [0.25, 0.3) is 10.1 Å². The maximum Gasteiger partial charge on any atom is 0.320 e. The first-order valence-electron chi connectivity index (χ1n) is 5.13. The van der Waals surface area contributed by atoms with E-state index < -0.39 is 22.1 Å². The third kappa shape index (κ3) is 8.63. The summed E-state index contributed by atoms with van der Waals surface area (Å²) in [6.07, 6.45) is 0.682. The Hall–Kier alpha value is -0.660. The number of carboxylic acids is 1. The predicted octanol–water partition coefficient (Wildman–Crippen LogP) is 0.353. The molecule has 0 aromatic heterocycles. The van der Waals surface area contributed by atoms with Crippen molar-refractivity contribution in [1.29, 1.82) is 0 Å². The van der Waals surface area contributed by atoms with Gasteiger partial charge in [-0.15, -0.1) is 0 Å². The molecule has 1 atom stereocenters. The third-order valence-corrected chi connectivity index (χ3v) is 2.78. The lowest BCUT2D eigenvalue weighted by molar-refractivity contribution is -0.139. The first-order valence-corrected chi connectivity index (χ1v) is 6.74.